The predicted molar refractivity (Wildman–Crippen MR) is 134 cm³/mol. The van der Waals surface area contributed by atoms with Gasteiger partial charge >= 0.3 is 5.97 Å². The van der Waals surface area contributed by atoms with Crippen molar-refractivity contribution in [2.75, 3.05) is 13.2 Å². The normalized spacial score (nSPS) is 14.4. The van der Waals surface area contributed by atoms with E-state index in [1.807, 2.05) is 38.1 Å². The SMILES string of the molecule is CCOc1ccc(C2C(C#N)=C(N)Oc3cc(OC(=O)c4ccccc4Br)ccc32)cc1OCC. The maximum Gasteiger partial charge on any atom is 0.344 e. The summed E-state index contributed by atoms with van der Waals surface area (Å²) in [4.78, 5) is 12.6. The minimum Gasteiger partial charge on any atom is -0.490 e. The fraction of sp³-hybridized carbons (Fsp3) is 0.185. The molecule has 3 aromatic rings. The van der Waals surface area contributed by atoms with E-state index >= 15 is 0 Å². The molecule has 0 amide bonds. The lowest BCUT2D eigenvalue weighted by Gasteiger charge is -2.27. The molecule has 1 unspecified atom stereocenters. The Balaban J connectivity index is 1.72. The number of allylic oxidation sites excluding steroid dienone is 1. The first-order chi connectivity index (χ1) is 17.0. The summed E-state index contributed by atoms with van der Waals surface area (Å²) in [7, 11) is 0. The smallest absolute Gasteiger partial charge is 0.344 e. The van der Waals surface area contributed by atoms with E-state index < -0.39 is 11.9 Å². The van der Waals surface area contributed by atoms with E-state index in [4.69, 9.17) is 24.7 Å². The number of carbonyl (C=O) groups excluding carboxylic acids is 1. The van der Waals surface area contributed by atoms with Crippen molar-refractivity contribution in [1.82, 2.24) is 0 Å². The lowest BCUT2D eigenvalue weighted by molar-refractivity contribution is 0.0733. The highest BCUT2D eigenvalue weighted by atomic mass is 79.9. The second-order valence-corrected chi connectivity index (χ2v) is 8.42. The standard InChI is InChI=1S/C27H23BrN2O5/c1-3-32-22-12-9-16(13-24(22)33-4-2)25-19-11-10-17(14-23(19)35-26(30)20(25)15-29)34-27(31)18-7-5-6-8-21(18)28/h5-14,25H,3-4,30H2,1-2H3. The highest BCUT2D eigenvalue weighted by molar-refractivity contribution is 9.10. The second-order valence-electron chi connectivity index (χ2n) is 7.57. The van der Waals surface area contributed by atoms with Crippen LogP contribution in [-0.4, -0.2) is 19.2 Å². The van der Waals surface area contributed by atoms with E-state index in [2.05, 4.69) is 22.0 Å². The summed E-state index contributed by atoms with van der Waals surface area (Å²) in [6, 6.07) is 19.7. The third kappa shape index (κ3) is 4.96. The minimum atomic E-state index is -0.515. The number of halogens is 1. The first-order valence-electron chi connectivity index (χ1n) is 11.0. The molecule has 0 radical (unpaired) electrons. The average molecular weight is 535 g/mol. The van der Waals surface area contributed by atoms with Crippen LogP contribution in [0.25, 0.3) is 0 Å². The van der Waals surface area contributed by atoms with Crippen molar-refractivity contribution in [1.29, 1.82) is 5.26 Å². The zero-order valence-electron chi connectivity index (χ0n) is 19.2. The van der Waals surface area contributed by atoms with Crippen molar-refractivity contribution in [2.45, 2.75) is 19.8 Å². The number of hydrogen-bond acceptors (Lipinski definition) is 7. The summed E-state index contributed by atoms with van der Waals surface area (Å²) in [6.45, 7) is 4.75. The van der Waals surface area contributed by atoms with Crippen LogP contribution in [0.1, 0.15) is 41.3 Å². The first-order valence-corrected chi connectivity index (χ1v) is 11.8. The van der Waals surface area contributed by atoms with Gasteiger partial charge in [0.25, 0.3) is 0 Å². The molecular formula is C27H23BrN2O5. The maximum atomic E-state index is 12.6. The molecule has 8 heteroatoms. The van der Waals surface area contributed by atoms with Gasteiger partial charge in [-0.3, -0.25) is 0 Å². The fourth-order valence-corrected chi connectivity index (χ4v) is 4.32. The van der Waals surface area contributed by atoms with Crippen LogP contribution in [0, 0.1) is 11.3 Å². The summed E-state index contributed by atoms with van der Waals surface area (Å²) in [5, 5.41) is 9.86. The van der Waals surface area contributed by atoms with E-state index in [1.165, 1.54) is 0 Å². The minimum absolute atomic E-state index is 0.00822. The van der Waals surface area contributed by atoms with Crippen molar-refractivity contribution in [2.24, 2.45) is 5.73 Å². The van der Waals surface area contributed by atoms with Gasteiger partial charge in [-0.25, -0.2) is 4.79 Å². The quantitative estimate of drug-likeness (QED) is 0.307. The molecule has 1 aliphatic heterocycles. The number of nitriles is 1. The molecule has 2 N–H and O–H groups in total. The molecule has 0 aliphatic carbocycles. The molecule has 0 saturated heterocycles. The maximum absolute atomic E-state index is 12.6. The summed E-state index contributed by atoms with van der Waals surface area (Å²) in [6.07, 6.45) is 0. The Kier molecular flexibility index (Phi) is 7.28. The Bertz CT molecular complexity index is 1350. The number of nitrogens with zero attached hydrogens (tertiary/aromatic N) is 1. The predicted octanol–water partition coefficient (Wildman–Crippen LogP) is 5.68. The van der Waals surface area contributed by atoms with Crippen LogP contribution in [0.15, 0.2) is 76.6 Å². The largest absolute Gasteiger partial charge is 0.490 e. The molecule has 0 bridgehead atoms. The van der Waals surface area contributed by atoms with Crippen LogP contribution < -0.4 is 24.7 Å². The van der Waals surface area contributed by atoms with Crippen molar-refractivity contribution < 1.29 is 23.7 Å². The van der Waals surface area contributed by atoms with Crippen LogP contribution in [0.4, 0.5) is 0 Å². The molecule has 1 heterocycles. The van der Waals surface area contributed by atoms with Crippen molar-refractivity contribution in [3.8, 4) is 29.1 Å². The van der Waals surface area contributed by atoms with Gasteiger partial charge in [0, 0.05) is 16.1 Å². The Hall–Kier alpha value is -3.96. The topological polar surface area (TPSA) is 104 Å². The monoisotopic (exact) mass is 534 g/mol. The summed E-state index contributed by atoms with van der Waals surface area (Å²) >= 11 is 3.36. The lowest BCUT2D eigenvalue weighted by atomic mass is 9.83. The molecule has 178 valence electrons. The van der Waals surface area contributed by atoms with E-state index in [0.29, 0.717) is 46.1 Å². The molecule has 0 saturated carbocycles. The number of ether oxygens (including phenoxy) is 4. The van der Waals surface area contributed by atoms with Gasteiger partial charge in [0.2, 0.25) is 5.88 Å². The third-order valence-corrected chi connectivity index (χ3v) is 6.09. The van der Waals surface area contributed by atoms with Crippen molar-refractivity contribution in [3.05, 3.63) is 93.3 Å². The lowest BCUT2D eigenvalue weighted by Crippen LogP contribution is -2.21. The van der Waals surface area contributed by atoms with Gasteiger partial charge in [-0.1, -0.05) is 24.3 Å². The summed E-state index contributed by atoms with van der Waals surface area (Å²) in [5.41, 5.74) is 8.31. The molecule has 0 spiro atoms. The molecule has 1 aliphatic rings. The van der Waals surface area contributed by atoms with Crippen LogP contribution in [0.2, 0.25) is 0 Å². The van der Waals surface area contributed by atoms with E-state index in [-0.39, 0.29) is 17.2 Å². The van der Waals surface area contributed by atoms with Crippen LogP contribution >= 0.6 is 15.9 Å². The molecule has 0 aromatic heterocycles. The summed E-state index contributed by atoms with van der Waals surface area (Å²) < 4.78 is 23.4. The van der Waals surface area contributed by atoms with E-state index in [0.717, 1.165) is 5.56 Å². The molecule has 0 fully saturated rings. The van der Waals surface area contributed by atoms with Gasteiger partial charge in [-0.05, 0) is 65.7 Å². The molecule has 35 heavy (non-hydrogen) atoms. The zero-order valence-corrected chi connectivity index (χ0v) is 20.8. The molecule has 4 rings (SSSR count). The Morgan fingerprint density at radius 3 is 2.51 bits per heavy atom. The number of fused-ring (bicyclic) bond motifs is 1. The highest BCUT2D eigenvalue weighted by Gasteiger charge is 2.32. The fourth-order valence-electron chi connectivity index (χ4n) is 3.88. The van der Waals surface area contributed by atoms with Crippen LogP contribution in [-0.2, 0) is 0 Å². The van der Waals surface area contributed by atoms with Gasteiger partial charge in [0.05, 0.1) is 24.7 Å². The van der Waals surface area contributed by atoms with Gasteiger partial charge in [0.15, 0.2) is 11.5 Å². The number of rotatable bonds is 7. The number of benzene rings is 3. The Morgan fingerprint density at radius 1 is 1.06 bits per heavy atom. The van der Waals surface area contributed by atoms with Crippen LogP contribution in [0.5, 0.6) is 23.0 Å². The average Bonchev–Trinajstić information content (AvgIpc) is 2.84. The second kappa shape index (κ2) is 10.5. The first kappa shape index (κ1) is 24.2. The third-order valence-electron chi connectivity index (χ3n) is 5.40. The number of carbonyl (C=O) groups is 1. The highest BCUT2D eigenvalue weighted by Crippen LogP contribution is 2.45. The van der Waals surface area contributed by atoms with E-state index in [1.54, 1.807) is 36.4 Å². The van der Waals surface area contributed by atoms with Crippen LogP contribution in [0.3, 0.4) is 0 Å². The van der Waals surface area contributed by atoms with Gasteiger partial charge < -0.3 is 24.7 Å². The van der Waals surface area contributed by atoms with E-state index in [9.17, 15) is 10.1 Å². The Morgan fingerprint density at radius 2 is 1.80 bits per heavy atom. The Labute approximate surface area is 211 Å². The van der Waals surface area contributed by atoms with Gasteiger partial charge in [-0.15, -0.1) is 0 Å². The number of hydrogen-bond donors (Lipinski definition) is 1. The molecule has 1 atom stereocenters. The number of nitrogens with two attached hydrogens (primary N) is 1. The van der Waals surface area contributed by atoms with Crippen molar-refractivity contribution >= 4 is 21.9 Å². The van der Waals surface area contributed by atoms with Gasteiger partial charge in [-0.2, -0.15) is 5.26 Å². The molecule has 7 nitrogen and oxygen atoms in total. The zero-order chi connectivity index (χ0) is 24.9. The number of esters is 1. The molecule has 3 aromatic carbocycles. The van der Waals surface area contributed by atoms with Crippen molar-refractivity contribution in [3.63, 3.8) is 0 Å². The molecular weight excluding hydrogens is 512 g/mol. The summed E-state index contributed by atoms with van der Waals surface area (Å²) in [5.74, 6) is 0.871. The van der Waals surface area contributed by atoms with Gasteiger partial charge in [0.1, 0.15) is 23.1 Å².